The van der Waals surface area contributed by atoms with Gasteiger partial charge in [-0.1, -0.05) is 5.16 Å². The molecule has 2 heterocycles. The number of hydrogen-bond acceptors (Lipinski definition) is 4. The zero-order valence-electron chi connectivity index (χ0n) is 8.27. The Morgan fingerprint density at radius 1 is 1.06 bits per heavy atom. The predicted octanol–water partition coefficient (Wildman–Crippen LogP) is 2.77. The van der Waals surface area contributed by atoms with Crippen LogP contribution in [0.4, 0.5) is 0 Å². The van der Waals surface area contributed by atoms with Gasteiger partial charge in [-0.2, -0.15) is 0 Å². The van der Waals surface area contributed by atoms with Gasteiger partial charge in [-0.3, -0.25) is 0 Å². The van der Waals surface area contributed by atoms with Gasteiger partial charge in [0.25, 0.3) is 0 Å². The van der Waals surface area contributed by atoms with Gasteiger partial charge in [0, 0.05) is 11.6 Å². The van der Waals surface area contributed by atoms with E-state index in [0.29, 0.717) is 18.9 Å². The Labute approximate surface area is 96.7 Å². The van der Waals surface area contributed by atoms with E-state index in [-0.39, 0.29) is 5.22 Å². The fourth-order valence-electron chi connectivity index (χ4n) is 1.59. The third-order valence-corrected chi connectivity index (χ3v) is 2.50. The van der Waals surface area contributed by atoms with Crippen molar-refractivity contribution in [3.63, 3.8) is 0 Å². The lowest BCUT2D eigenvalue weighted by atomic mass is 10.1. The Bertz CT molecular complexity index is 524. The molecule has 2 aromatic rings. The third kappa shape index (κ3) is 1.61. The van der Waals surface area contributed by atoms with Crippen molar-refractivity contribution in [2.45, 2.75) is 0 Å². The SMILES string of the molecule is Clc1cc(-c2ccc3c(c2)OCCO3)no1. The Morgan fingerprint density at radius 3 is 2.62 bits per heavy atom. The average Bonchev–Trinajstić information content (AvgIpc) is 2.75. The average molecular weight is 238 g/mol. The molecule has 0 bridgehead atoms. The summed E-state index contributed by atoms with van der Waals surface area (Å²) >= 11 is 5.67. The lowest BCUT2D eigenvalue weighted by Crippen LogP contribution is -2.15. The van der Waals surface area contributed by atoms with Gasteiger partial charge in [0.15, 0.2) is 11.5 Å². The molecule has 3 rings (SSSR count). The summed E-state index contributed by atoms with van der Waals surface area (Å²) in [4.78, 5) is 0. The van der Waals surface area contributed by atoms with Gasteiger partial charge < -0.3 is 14.0 Å². The third-order valence-electron chi connectivity index (χ3n) is 2.32. The van der Waals surface area contributed by atoms with Crippen LogP contribution in [0.5, 0.6) is 11.5 Å². The molecule has 1 aliphatic heterocycles. The first-order valence-corrected chi connectivity index (χ1v) is 5.23. The predicted molar refractivity (Wildman–Crippen MR) is 57.9 cm³/mol. The lowest BCUT2D eigenvalue weighted by molar-refractivity contribution is 0.171. The number of rotatable bonds is 1. The minimum absolute atomic E-state index is 0.268. The normalized spacial score (nSPS) is 13.8. The van der Waals surface area contributed by atoms with Crippen LogP contribution in [0.3, 0.4) is 0 Å². The summed E-state index contributed by atoms with van der Waals surface area (Å²) in [6.45, 7) is 1.15. The Kier molecular flexibility index (Phi) is 2.22. The van der Waals surface area contributed by atoms with Crippen LogP contribution < -0.4 is 9.47 Å². The number of halogens is 1. The van der Waals surface area contributed by atoms with Crippen molar-refractivity contribution in [3.05, 3.63) is 29.5 Å². The molecule has 4 nitrogen and oxygen atoms in total. The van der Waals surface area contributed by atoms with Crippen LogP contribution in [0.2, 0.25) is 5.22 Å². The summed E-state index contributed by atoms with van der Waals surface area (Å²) in [5.41, 5.74) is 1.57. The number of benzene rings is 1. The molecule has 1 aliphatic rings. The van der Waals surface area contributed by atoms with Crippen molar-refractivity contribution >= 4 is 11.6 Å². The second-order valence-electron chi connectivity index (χ2n) is 3.37. The highest BCUT2D eigenvalue weighted by atomic mass is 35.5. The largest absolute Gasteiger partial charge is 0.486 e. The van der Waals surface area contributed by atoms with E-state index in [4.69, 9.17) is 25.6 Å². The highest BCUT2D eigenvalue weighted by Gasteiger charge is 2.13. The van der Waals surface area contributed by atoms with Gasteiger partial charge >= 0.3 is 0 Å². The molecule has 0 unspecified atom stereocenters. The molecule has 0 radical (unpaired) electrons. The van der Waals surface area contributed by atoms with Gasteiger partial charge in [0.05, 0.1) is 0 Å². The highest BCUT2D eigenvalue weighted by Crippen LogP contribution is 2.34. The minimum atomic E-state index is 0.268. The molecule has 0 spiro atoms. The number of fused-ring (bicyclic) bond motifs is 1. The standard InChI is InChI=1S/C11H8ClNO3/c12-11-6-8(13-16-11)7-1-2-9-10(5-7)15-4-3-14-9/h1-2,5-6H,3-4H2. The maximum absolute atomic E-state index is 5.67. The molecule has 5 heteroatoms. The monoisotopic (exact) mass is 237 g/mol. The molecule has 1 aromatic heterocycles. The summed E-state index contributed by atoms with van der Waals surface area (Å²) in [7, 11) is 0. The molecule has 0 aliphatic carbocycles. The van der Waals surface area contributed by atoms with Gasteiger partial charge in [0.2, 0.25) is 5.22 Å². The molecule has 82 valence electrons. The molecule has 0 atom stereocenters. The summed E-state index contributed by atoms with van der Waals surface area (Å²) < 4.78 is 15.7. The van der Waals surface area contributed by atoms with Crippen molar-refractivity contribution in [1.29, 1.82) is 0 Å². The molecule has 0 saturated carbocycles. The van der Waals surface area contributed by atoms with Crippen molar-refractivity contribution in [2.75, 3.05) is 13.2 Å². The second kappa shape index (κ2) is 3.72. The summed E-state index contributed by atoms with van der Waals surface area (Å²) in [5, 5.41) is 4.10. The van der Waals surface area contributed by atoms with Crippen LogP contribution in [-0.2, 0) is 0 Å². The fraction of sp³-hybridized carbons (Fsp3) is 0.182. The van der Waals surface area contributed by atoms with Crippen LogP contribution in [0.15, 0.2) is 28.8 Å². The van der Waals surface area contributed by atoms with E-state index in [9.17, 15) is 0 Å². The van der Waals surface area contributed by atoms with Crippen molar-refractivity contribution < 1.29 is 14.0 Å². The first-order valence-electron chi connectivity index (χ1n) is 4.85. The van der Waals surface area contributed by atoms with E-state index in [1.165, 1.54) is 0 Å². The van der Waals surface area contributed by atoms with Crippen LogP contribution in [0.25, 0.3) is 11.3 Å². The van der Waals surface area contributed by atoms with Crippen molar-refractivity contribution in [3.8, 4) is 22.8 Å². The Balaban J connectivity index is 2.02. The fourth-order valence-corrected chi connectivity index (χ4v) is 1.73. The summed E-state index contributed by atoms with van der Waals surface area (Å²) in [6.07, 6.45) is 0. The minimum Gasteiger partial charge on any atom is -0.486 e. The Hall–Kier alpha value is -1.68. The molecule has 0 fully saturated rings. The topological polar surface area (TPSA) is 44.5 Å². The van der Waals surface area contributed by atoms with E-state index >= 15 is 0 Å². The number of hydrogen-bond donors (Lipinski definition) is 0. The van der Waals surface area contributed by atoms with Crippen LogP contribution >= 0.6 is 11.6 Å². The van der Waals surface area contributed by atoms with E-state index in [0.717, 1.165) is 17.1 Å². The number of ether oxygens (including phenoxy) is 2. The molecule has 1 aromatic carbocycles. The molecular weight excluding hydrogens is 230 g/mol. The van der Waals surface area contributed by atoms with Gasteiger partial charge in [-0.15, -0.1) is 0 Å². The van der Waals surface area contributed by atoms with E-state index < -0.39 is 0 Å². The van der Waals surface area contributed by atoms with E-state index in [2.05, 4.69) is 5.16 Å². The maximum atomic E-state index is 5.67. The maximum Gasteiger partial charge on any atom is 0.226 e. The Morgan fingerprint density at radius 2 is 1.88 bits per heavy atom. The van der Waals surface area contributed by atoms with E-state index in [1.54, 1.807) is 6.07 Å². The highest BCUT2D eigenvalue weighted by molar-refractivity contribution is 6.29. The van der Waals surface area contributed by atoms with Gasteiger partial charge in [-0.25, -0.2) is 0 Å². The molecule has 16 heavy (non-hydrogen) atoms. The number of nitrogens with zero attached hydrogens (tertiary/aromatic N) is 1. The summed E-state index contributed by atoms with van der Waals surface area (Å²) in [6, 6.07) is 7.27. The van der Waals surface area contributed by atoms with Gasteiger partial charge in [0.1, 0.15) is 18.9 Å². The summed E-state index contributed by atoms with van der Waals surface area (Å²) in [5.74, 6) is 1.48. The first kappa shape index (κ1) is 9.54. The van der Waals surface area contributed by atoms with Gasteiger partial charge in [-0.05, 0) is 29.8 Å². The zero-order valence-corrected chi connectivity index (χ0v) is 9.03. The number of aromatic nitrogens is 1. The molecular formula is C11H8ClNO3. The van der Waals surface area contributed by atoms with Crippen molar-refractivity contribution in [2.24, 2.45) is 0 Å². The molecule has 0 amide bonds. The quantitative estimate of drug-likeness (QED) is 0.765. The first-order chi connectivity index (χ1) is 7.83. The van der Waals surface area contributed by atoms with E-state index in [1.807, 2.05) is 18.2 Å². The zero-order chi connectivity index (χ0) is 11.0. The van der Waals surface area contributed by atoms with Crippen molar-refractivity contribution in [1.82, 2.24) is 5.16 Å². The smallest absolute Gasteiger partial charge is 0.226 e. The molecule has 0 N–H and O–H groups in total. The second-order valence-corrected chi connectivity index (χ2v) is 3.75. The molecule has 0 saturated heterocycles. The van der Waals surface area contributed by atoms with Crippen LogP contribution in [-0.4, -0.2) is 18.4 Å². The van der Waals surface area contributed by atoms with Crippen LogP contribution in [0.1, 0.15) is 0 Å². The lowest BCUT2D eigenvalue weighted by Gasteiger charge is -2.18. The van der Waals surface area contributed by atoms with Crippen LogP contribution in [0, 0.1) is 0 Å².